The van der Waals surface area contributed by atoms with Crippen molar-refractivity contribution in [3.63, 3.8) is 0 Å². The highest BCUT2D eigenvalue weighted by molar-refractivity contribution is 7.50. The van der Waals surface area contributed by atoms with Gasteiger partial charge in [0, 0.05) is 10.8 Å². The molecule has 0 aliphatic heterocycles. The molecule has 0 amide bonds. The largest absolute Gasteiger partial charge is 0.416 e. The molecular weight excluding hydrogens is 363 g/mol. The van der Waals surface area contributed by atoms with Crippen molar-refractivity contribution < 1.29 is 8.39 Å². The van der Waals surface area contributed by atoms with Crippen molar-refractivity contribution in [2.75, 3.05) is 0 Å². The third-order valence-electron chi connectivity index (χ3n) is 5.36. The van der Waals surface area contributed by atoms with Crippen molar-refractivity contribution in [1.29, 1.82) is 0 Å². The van der Waals surface area contributed by atoms with Crippen molar-refractivity contribution in [2.45, 2.75) is 6.42 Å². The Morgan fingerprint density at radius 2 is 1.21 bits per heavy atom. The second-order valence-electron chi connectivity index (χ2n) is 7.03. The molecule has 1 heterocycles. The molecule has 0 saturated heterocycles. The van der Waals surface area contributed by atoms with E-state index in [2.05, 4.69) is 91.0 Å². The van der Waals surface area contributed by atoms with Gasteiger partial charge < -0.3 is 8.39 Å². The molecule has 0 saturated carbocycles. The van der Waals surface area contributed by atoms with E-state index in [1.807, 2.05) is 0 Å². The zero-order chi connectivity index (χ0) is 18.5. The van der Waals surface area contributed by atoms with Gasteiger partial charge in [0.15, 0.2) is 0 Å². The van der Waals surface area contributed by atoms with E-state index in [1.54, 1.807) is 0 Å². The van der Waals surface area contributed by atoms with Crippen LogP contribution in [0.1, 0.15) is 6.42 Å². The summed E-state index contributed by atoms with van der Waals surface area (Å²) in [6, 6.07) is 25.4. The number of rotatable bonds is 1. The molecule has 5 aromatic rings. The topological polar surface area (TPSA) is 26.3 Å². The van der Waals surface area contributed by atoms with Crippen LogP contribution in [-0.4, -0.2) is 0 Å². The molecule has 1 aromatic heterocycles. The first-order chi connectivity index (χ1) is 13.9. The molecule has 4 aromatic carbocycles. The van der Waals surface area contributed by atoms with E-state index in [9.17, 15) is 0 Å². The zero-order valence-corrected chi connectivity index (χ0v) is 16.0. The smallest absolute Gasteiger partial charge is 0.252 e. The third kappa shape index (κ3) is 2.35. The van der Waals surface area contributed by atoms with Crippen LogP contribution in [0, 0.1) is 0 Å². The summed E-state index contributed by atoms with van der Waals surface area (Å²) in [5, 5.41) is 8.16. The van der Waals surface area contributed by atoms with Crippen LogP contribution in [0.4, 0.5) is 0 Å². The Kier molecular flexibility index (Phi) is 3.47. The second-order valence-corrected chi connectivity index (χ2v) is 8.42. The van der Waals surface area contributed by atoms with Crippen molar-refractivity contribution in [2.24, 2.45) is 0 Å². The average Bonchev–Trinajstić information content (AvgIpc) is 3.22. The van der Waals surface area contributed by atoms with Gasteiger partial charge >= 0.3 is 0 Å². The lowest BCUT2D eigenvalue weighted by Gasteiger charge is -2.05. The number of allylic oxidation sites excluding steroid dienone is 4. The minimum atomic E-state index is -1.21. The van der Waals surface area contributed by atoms with Gasteiger partial charge in [-0.25, -0.2) is 0 Å². The van der Waals surface area contributed by atoms with E-state index in [-0.39, 0.29) is 0 Å². The Bertz CT molecular complexity index is 1390. The fraction of sp³-hybridized carbons (Fsp3) is 0.0400. The highest BCUT2D eigenvalue weighted by atomic mass is 31.1. The average molecular weight is 380 g/mol. The molecule has 0 bridgehead atoms. The molecule has 134 valence electrons. The number of hydrogen-bond donors (Lipinski definition) is 0. The molecule has 28 heavy (non-hydrogen) atoms. The summed E-state index contributed by atoms with van der Waals surface area (Å²) in [4.78, 5) is 0. The van der Waals surface area contributed by atoms with Gasteiger partial charge in [-0.05, 0) is 46.2 Å². The zero-order valence-electron chi connectivity index (χ0n) is 15.1. The summed E-state index contributed by atoms with van der Waals surface area (Å²) in [6.07, 6.45) is 7.41. The minimum absolute atomic E-state index is 0.890. The molecule has 0 fully saturated rings. The molecule has 0 unspecified atom stereocenters. The fourth-order valence-corrected chi connectivity index (χ4v) is 5.45. The molecule has 1 aliphatic carbocycles. The Morgan fingerprint density at radius 1 is 0.643 bits per heavy atom. The number of benzene rings is 4. The van der Waals surface area contributed by atoms with Crippen LogP contribution in [0.25, 0.3) is 48.8 Å². The predicted octanol–water partition coefficient (Wildman–Crippen LogP) is 8.40. The van der Waals surface area contributed by atoms with Crippen LogP contribution < -0.4 is 0 Å². The Labute approximate surface area is 162 Å². The Hall–Kier alpha value is -3.22. The summed E-state index contributed by atoms with van der Waals surface area (Å²) in [5.74, 6) is 0. The molecule has 6 rings (SSSR count). The van der Waals surface area contributed by atoms with E-state index in [4.69, 9.17) is 8.39 Å². The summed E-state index contributed by atoms with van der Waals surface area (Å²) in [5.41, 5.74) is 1.78. The summed E-state index contributed by atoms with van der Waals surface area (Å²) < 4.78 is 13.0. The second kappa shape index (κ2) is 6.15. The van der Waals surface area contributed by atoms with Crippen molar-refractivity contribution >= 4 is 56.8 Å². The standard InChI is InChI=1S/C25H17O2P/c1-5-11-20-17(7-1)13-15-22-24(20)25-21-12-6-2-8-18(21)14-16-23(25)27-28(26-22)19-9-3-4-10-19/h1-3,5-16H,4H2. The van der Waals surface area contributed by atoms with Crippen LogP contribution in [-0.2, 0) is 0 Å². The quantitative estimate of drug-likeness (QED) is 0.292. The molecule has 0 spiro atoms. The van der Waals surface area contributed by atoms with Gasteiger partial charge in [-0.1, -0.05) is 72.8 Å². The summed E-state index contributed by atoms with van der Waals surface area (Å²) in [6.45, 7) is 0. The number of hydrogen-bond acceptors (Lipinski definition) is 2. The van der Waals surface area contributed by atoms with E-state index in [1.165, 1.54) is 21.5 Å². The van der Waals surface area contributed by atoms with Gasteiger partial charge in [0.25, 0.3) is 8.01 Å². The highest BCUT2D eigenvalue weighted by Gasteiger charge is 2.14. The lowest BCUT2D eigenvalue weighted by molar-refractivity contribution is 0.652. The van der Waals surface area contributed by atoms with Crippen molar-refractivity contribution in [1.82, 2.24) is 0 Å². The van der Waals surface area contributed by atoms with Crippen LogP contribution in [0.15, 0.2) is 99.4 Å². The van der Waals surface area contributed by atoms with E-state index >= 15 is 0 Å². The lowest BCUT2D eigenvalue weighted by atomic mass is 9.99. The van der Waals surface area contributed by atoms with Crippen LogP contribution in [0.3, 0.4) is 0 Å². The Morgan fingerprint density at radius 3 is 1.75 bits per heavy atom. The SMILES string of the molecule is C1=CC(p2oc3ccc4ccccc4c3c3c(ccc4ccccc43)o2)=CC1. The van der Waals surface area contributed by atoms with Crippen LogP contribution in [0.5, 0.6) is 0 Å². The first kappa shape index (κ1) is 15.8. The van der Waals surface area contributed by atoms with Gasteiger partial charge in [-0.15, -0.1) is 0 Å². The van der Waals surface area contributed by atoms with Crippen LogP contribution in [0.2, 0.25) is 0 Å². The fourth-order valence-electron chi connectivity index (χ4n) is 4.05. The van der Waals surface area contributed by atoms with Gasteiger partial charge in [0.05, 0.1) is 5.31 Å². The maximum absolute atomic E-state index is 6.50. The van der Waals surface area contributed by atoms with E-state index in [0.717, 1.165) is 33.7 Å². The number of fused-ring (bicyclic) bond motifs is 7. The Balaban J connectivity index is 1.94. The normalized spacial score (nSPS) is 13.6. The van der Waals surface area contributed by atoms with Crippen molar-refractivity contribution in [3.8, 4) is 0 Å². The summed E-state index contributed by atoms with van der Waals surface area (Å²) >= 11 is 0. The van der Waals surface area contributed by atoms with E-state index in [0.29, 0.717) is 0 Å². The van der Waals surface area contributed by atoms with Gasteiger partial charge in [-0.3, -0.25) is 0 Å². The molecule has 0 N–H and O–H groups in total. The maximum atomic E-state index is 6.50. The van der Waals surface area contributed by atoms with Crippen molar-refractivity contribution in [3.05, 3.63) is 91.0 Å². The van der Waals surface area contributed by atoms with E-state index < -0.39 is 8.01 Å². The maximum Gasteiger partial charge on any atom is 0.252 e. The van der Waals surface area contributed by atoms with Crippen LogP contribution >= 0.6 is 8.01 Å². The molecular formula is C25H17O2P. The first-order valence-corrected chi connectivity index (χ1v) is 10.6. The van der Waals surface area contributed by atoms with Gasteiger partial charge in [0.1, 0.15) is 11.2 Å². The molecule has 3 heteroatoms. The first-order valence-electron chi connectivity index (χ1n) is 9.45. The molecule has 1 aliphatic rings. The monoisotopic (exact) mass is 380 g/mol. The minimum Gasteiger partial charge on any atom is -0.416 e. The third-order valence-corrected chi connectivity index (χ3v) is 6.83. The molecule has 0 atom stereocenters. The summed E-state index contributed by atoms with van der Waals surface area (Å²) in [7, 11) is -1.21. The lowest BCUT2D eigenvalue weighted by Crippen LogP contribution is -1.79. The molecule has 2 nitrogen and oxygen atoms in total. The highest BCUT2D eigenvalue weighted by Crippen LogP contribution is 2.47. The van der Waals surface area contributed by atoms with Gasteiger partial charge in [0.2, 0.25) is 0 Å². The van der Waals surface area contributed by atoms with Gasteiger partial charge in [-0.2, -0.15) is 0 Å². The predicted molar refractivity (Wildman–Crippen MR) is 119 cm³/mol. The molecule has 0 radical (unpaired) electrons.